The van der Waals surface area contributed by atoms with Crippen molar-refractivity contribution in [3.05, 3.63) is 21.5 Å². The Morgan fingerprint density at radius 3 is 2.47 bits per heavy atom. The van der Waals surface area contributed by atoms with Crippen LogP contribution in [0.5, 0.6) is 0 Å². The van der Waals surface area contributed by atoms with E-state index in [-0.39, 0.29) is 11.6 Å². The molecule has 11 heteroatoms. The summed E-state index contributed by atoms with van der Waals surface area (Å²) < 4.78 is 11.9. The highest BCUT2D eigenvalue weighted by Crippen LogP contribution is 2.47. The molecule has 0 aliphatic rings. The van der Waals surface area contributed by atoms with Crippen molar-refractivity contribution < 1.29 is 14.0 Å². The fourth-order valence-corrected chi connectivity index (χ4v) is 6.56. The molecule has 0 aliphatic carbocycles. The number of halogens is 1. The van der Waals surface area contributed by atoms with Gasteiger partial charge in [0.15, 0.2) is 13.4 Å². The van der Waals surface area contributed by atoms with Gasteiger partial charge >= 0.3 is 6.09 Å². The molecule has 0 aliphatic heterocycles. The van der Waals surface area contributed by atoms with E-state index >= 15 is 0 Å². The van der Waals surface area contributed by atoms with Gasteiger partial charge in [-0.15, -0.1) is 11.6 Å². The van der Waals surface area contributed by atoms with Crippen LogP contribution in [0.4, 0.5) is 9.93 Å². The maximum absolute atomic E-state index is 12.0. The van der Waals surface area contributed by atoms with Gasteiger partial charge in [-0.3, -0.25) is 5.32 Å². The van der Waals surface area contributed by atoms with Crippen molar-refractivity contribution >= 4 is 42.5 Å². The van der Waals surface area contributed by atoms with Gasteiger partial charge < -0.3 is 9.16 Å². The summed E-state index contributed by atoms with van der Waals surface area (Å²) in [6, 6.07) is 0. The number of anilines is 1. The minimum absolute atomic E-state index is 0.0252. The van der Waals surface area contributed by atoms with Crippen molar-refractivity contribution in [2.24, 2.45) is 11.0 Å². The van der Waals surface area contributed by atoms with Gasteiger partial charge in [-0.1, -0.05) is 44.1 Å². The molecule has 170 valence electrons. The Balaban J connectivity index is 3.14. The van der Waals surface area contributed by atoms with Gasteiger partial charge in [-0.25, -0.2) is 9.78 Å². The third-order valence-electron chi connectivity index (χ3n) is 5.48. The quantitative estimate of drug-likeness (QED) is 0.135. The van der Waals surface area contributed by atoms with Crippen molar-refractivity contribution in [2.45, 2.75) is 83.7 Å². The smallest absolute Gasteiger partial charge is 0.413 e. The molecule has 0 radical (unpaired) electrons. The molecule has 0 fully saturated rings. The standard InChI is InChI=1S/C19H34ClN5O3SSi/c1-12(2)19(6,7)30(8,9)28-15(13(20)10-23-25-21)14-11-22-16(29-14)24-17(26)27-18(3,4)5/h11-13,15H,10H2,1-9H3,(H,22,24,26)/t13-,15?/m0/s1. The predicted molar refractivity (Wildman–Crippen MR) is 126 cm³/mol. The first-order chi connectivity index (χ1) is 13.6. The predicted octanol–water partition coefficient (Wildman–Crippen LogP) is 7.11. The number of ether oxygens (including phenoxy) is 1. The number of carbonyl (C=O) groups excluding carboxylic acids is 1. The van der Waals surface area contributed by atoms with E-state index in [2.05, 4.69) is 61.1 Å². The number of hydrogen-bond acceptors (Lipinski definition) is 6. The Morgan fingerprint density at radius 1 is 1.37 bits per heavy atom. The van der Waals surface area contributed by atoms with Crippen LogP contribution < -0.4 is 5.32 Å². The second-order valence-corrected chi connectivity index (χ2v) is 15.7. The number of rotatable bonds is 9. The number of nitrogens with zero attached hydrogens (tertiary/aromatic N) is 4. The molecule has 0 aromatic carbocycles. The van der Waals surface area contributed by atoms with E-state index in [1.807, 2.05) is 0 Å². The van der Waals surface area contributed by atoms with Gasteiger partial charge in [0.25, 0.3) is 0 Å². The lowest BCUT2D eigenvalue weighted by atomic mass is 9.99. The van der Waals surface area contributed by atoms with Crippen LogP contribution in [-0.2, 0) is 9.16 Å². The van der Waals surface area contributed by atoms with E-state index in [1.165, 1.54) is 11.3 Å². The zero-order valence-electron chi connectivity index (χ0n) is 19.3. The number of alkyl halides is 1. The highest BCUT2D eigenvalue weighted by Gasteiger charge is 2.46. The summed E-state index contributed by atoms with van der Waals surface area (Å²) in [7, 11) is -2.25. The largest absolute Gasteiger partial charge is 0.444 e. The number of carbonyl (C=O) groups is 1. The summed E-state index contributed by atoms with van der Waals surface area (Å²) in [5, 5.41) is 6.07. The molecule has 0 spiro atoms. The molecule has 30 heavy (non-hydrogen) atoms. The summed E-state index contributed by atoms with van der Waals surface area (Å²) in [6.07, 6.45) is 0.553. The molecule has 0 bridgehead atoms. The number of thiazole rings is 1. The van der Waals surface area contributed by atoms with E-state index in [9.17, 15) is 4.79 Å². The van der Waals surface area contributed by atoms with Crippen molar-refractivity contribution in [3.63, 3.8) is 0 Å². The fraction of sp³-hybridized carbons (Fsp3) is 0.789. The highest BCUT2D eigenvalue weighted by atomic mass is 35.5. The van der Waals surface area contributed by atoms with E-state index < -0.39 is 31.5 Å². The molecule has 0 saturated carbocycles. The monoisotopic (exact) mass is 475 g/mol. The Bertz CT molecular complexity index is 772. The normalized spacial score (nSPS) is 14.8. The Hall–Kier alpha value is -1.32. The van der Waals surface area contributed by atoms with Gasteiger partial charge in [0, 0.05) is 17.7 Å². The van der Waals surface area contributed by atoms with E-state index in [0.29, 0.717) is 11.0 Å². The SMILES string of the molecule is CC(C)C(C)(C)[Si](C)(C)OC(c1cnc(NC(=O)OC(C)(C)C)s1)[C@@H](Cl)CN=[N+]=[N-]. The second kappa shape index (κ2) is 10.3. The van der Waals surface area contributed by atoms with Crippen LogP contribution in [0.25, 0.3) is 10.4 Å². The average Bonchev–Trinajstić information content (AvgIpc) is 3.03. The minimum atomic E-state index is -2.25. The van der Waals surface area contributed by atoms with Crippen LogP contribution in [0.15, 0.2) is 11.3 Å². The number of aromatic nitrogens is 1. The van der Waals surface area contributed by atoms with Crippen LogP contribution in [0.3, 0.4) is 0 Å². The van der Waals surface area contributed by atoms with Crippen molar-refractivity contribution in [2.75, 3.05) is 11.9 Å². The summed E-state index contributed by atoms with van der Waals surface area (Å²) >= 11 is 7.87. The molecule has 1 aromatic rings. The summed E-state index contributed by atoms with van der Waals surface area (Å²) in [6.45, 7) is 18.6. The molecule has 0 saturated heterocycles. The number of azide groups is 1. The molecule has 2 atom stereocenters. The van der Waals surface area contributed by atoms with Crippen molar-refractivity contribution in [1.29, 1.82) is 0 Å². The third kappa shape index (κ3) is 7.42. The molecule has 1 unspecified atom stereocenters. The molecule has 1 amide bonds. The lowest BCUT2D eigenvalue weighted by Crippen LogP contribution is -2.47. The third-order valence-corrected chi connectivity index (χ3v) is 11.3. The molecule has 8 nitrogen and oxygen atoms in total. The first-order valence-electron chi connectivity index (χ1n) is 9.89. The van der Waals surface area contributed by atoms with Crippen LogP contribution in [0.2, 0.25) is 18.1 Å². The van der Waals surface area contributed by atoms with Gasteiger partial charge in [-0.05, 0) is 50.4 Å². The van der Waals surface area contributed by atoms with Crippen LogP contribution >= 0.6 is 22.9 Å². The number of hydrogen-bond donors (Lipinski definition) is 1. The number of amides is 1. The molecule has 1 N–H and O–H groups in total. The van der Waals surface area contributed by atoms with Crippen LogP contribution in [0.1, 0.15) is 59.4 Å². The molecular formula is C19H34ClN5O3SSi. The first-order valence-corrected chi connectivity index (χ1v) is 14.1. The lowest BCUT2D eigenvalue weighted by molar-refractivity contribution is 0.0636. The van der Waals surface area contributed by atoms with Crippen LogP contribution in [-0.4, -0.2) is 36.9 Å². The lowest BCUT2D eigenvalue weighted by Gasteiger charge is -2.44. The zero-order valence-corrected chi connectivity index (χ0v) is 21.9. The highest BCUT2D eigenvalue weighted by molar-refractivity contribution is 7.15. The topological polar surface area (TPSA) is 109 Å². The Morgan fingerprint density at radius 2 is 1.97 bits per heavy atom. The van der Waals surface area contributed by atoms with Crippen LogP contribution in [0, 0.1) is 5.92 Å². The molecule has 1 rings (SSSR count). The maximum Gasteiger partial charge on any atom is 0.413 e. The zero-order chi connectivity index (χ0) is 23.3. The van der Waals surface area contributed by atoms with Gasteiger partial charge in [0.1, 0.15) is 5.60 Å². The average molecular weight is 476 g/mol. The second-order valence-electron chi connectivity index (χ2n) is 9.55. The minimum Gasteiger partial charge on any atom is -0.444 e. The summed E-state index contributed by atoms with van der Waals surface area (Å²) in [4.78, 5) is 19.9. The van der Waals surface area contributed by atoms with Crippen molar-refractivity contribution in [3.8, 4) is 0 Å². The van der Waals surface area contributed by atoms with Crippen molar-refractivity contribution in [1.82, 2.24) is 4.98 Å². The fourth-order valence-electron chi connectivity index (χ4n) is 2.55. The maximum atomic E-state index is 12.0. The van der Waals surface area contributed by atoms with Gasteiger partial charge in [-0.2, -0.15) is 0 Å². The summed E-state index contributed by atoms with van der Waals surface area (Å²) in [5.74, 6) is 0.413. The molecule has 1 heterocycles. The summed E-state index contributed by atoms with van der Waals surface area (Å²) in [5.41, 5.74) is 8.09. The molecular weight excluding hydrogens is 442 g/mol. The van der Waals surface area contributed by atoms with E-state index in [0.717, 1.165) is 4.88 Å². The first kappa shape index (κ1) is 26.7. The Kier molecular flexibility index (Phi) is 9.19. The number of nitrogens with one attached hydrogen (secondary N) is 1. The molecule has 1 aromatic heterocycles. The van der Waals surface area contributed by atoms with Gasteiger partial charge in [0.05, 0.1) is 16.4 Å². The van der Waals surface area contributed by atoms with E-state index in [1.54, 1.807) is 27.0 Å². The Labute approximate surface area is 189 Å². The van der Waals surface area contributed by atoms with E-state index in [4.69, 9.17) is 26.3 Å². The van der Waals surface area contributed by atoms with Gasteiger partial charge in [0.2, 0.25) is 0 Å².